The number of rotatable bonds is 34. The van der Waals surface area contributed by atoms with Crippen LogP contribution in [0.3, 0.4) is 0 Å². The van der Waals surface area contributed by atoms with Gasteiger partial charge in [-0.25, -0.2) is 38.9 Å². The van der Waals surface area contributed by atoms with Crippen LogP contribution in [0.25, 0.3) is 0 Å². The first-order valence-corrected chi connectivity index (χ1v) is 34.5. The van der Waals surface area contributed by atoms with Gasteiger partial charge in [0, 0.05) is 49.8 Å². The number of aliphatic hydroxyl groups is 1. The minimum absolute atomic E-state index is 0.691. The third-order valence-electron chi connectivity index (χ3n) is 13.4. The van der Waals surface area contributed by atoms with E-state index in [0.29, 0.717) is 14.2 Å². The summed E-state index contributed by atoms with van der Waals surface area (Å²) in [6.45, 7) is -4.42. The molecule has 25 atom stereocenters. The first kappa shape index (κ1) is 81.0. The van der Waals surface area contributed by atoms with Gasteiger partial charge >= 0.3 is 84.7 Å². The van der Waals surface area contributed by atoms with Crippen LogP contribution in [0, 0.1) is 0 Å². The van der Waals surface area contributed by atoms with E-state index in [0.717, 1.165) is 35.5 Å². The summed E-state index contributed by atoms with van der Waals surface area (Å²) in [6, 6.07) is 0. The highest BCUT2D eigenvalue weighted by atomic mass is 32.3. The van der Waals surface area contributed by atoms with Gasteiger partial charge < -0.3 is 91.1 Å². The molecule has 1 unspecified atom stereocenters. The van der Waals surface area contributed by atoms with Gasteiger partial charge in [0.05, 0.1) is 19.8 Å². The summed E-state index contributed by atoms with van der Waals surface area (Å²) in [5, 5.41) is 32.0. The summed E-state index contributed by atoms with van der Waals surface area (Å²) < 4.78 is 359. The van der Waals surface area contributed by atoms with Gasteiger partial charge in [0.2, 0.25) is 0 Å². The van der Waals surface area contributed by atoms with Crippen molar-refractivity contribution in [2.24, 2.45) is 0 Å². The van der Waals surface area contributed by atoms with Crippen LogP contribution in [0.15, 0.2) is 0 Å². The second-order valence-corrected chi connectivity index (χ2v) is 26.5. The first-order valence-electron chi connectivity index (χ1n) is 24.9. The lowest BCUT2D eigenvalue weighted by molar-refractivity contribution is -0.388. The SMILES string of the molecule is CO[C@@H]1[C@@H](OC)[C@H](O[C@H]2[C@H](OS(=O)(=O)O)[C@@H](OS(=O)(=O)O)[C@@H](O[C@H]3[C@H](OC)[C@@H](OC)[C@H](O[C@H]4[C@H](OS(=O)(=O)O)[C@@H](OS(=O)(=O)O)C(O)O[C@@H]4COS(=O)(=O)O)O[C@H]3C(=O)O)O[C@@H]2COS(=O)(=O)O)O[C@H](C(=O)O)[C@H]1O[C@H]1O[C@H](COS(=O)(=O)O)[C@@H](OC)[C@H](OC)[C@H]1OC. The zero-order chi connectivity index (χ0) is 70.5. The van der Waals surface area contributed by atoms with E-state index in [2.05, 4.69) is 20.9 Å². The highest BCUT2D eigenvalue weighted by Crippen LogP contribution is 2.41. The van der Waals surface area contributed by atoms with Gasteiger partial charge in [0.25, 0.3) is 0 Å². The zero-order valence-corrected chi connectivity index (χ0v) is 53.5. The molecule has 5 aliphatic rings. The number of carbonyl (C=O) groups is 2. The molecule has 49 nitrogen and oxygen atoms in total. The Balaban J connectivity index is 1.62. The monoisotopic (exact) mass is 1510 g/mol. The topological polar surface area (TPSA) is 688 Å². The molecule has 0 spiro atoms. The van der Waals surface area contributed by atoms with Crippen molar-refractivity contribution in [1.29, 1.82) is 0 Å². The third-order valence-corrected chi connectivity index (χ3v) is 16.6. The summed E-state index contributed by atoms with van der Waals surface area (Å²) in [7, 11) is -34.3. The fraction of sp³-hybridized carbons (Fsp3) is 0.946. The number of hydrogen-bond donors (Lipinski definition) is 10. The van der Waals surface area contributed by atoms with Crippen LogP contribution < -0.4 is 0 Å². The summed E-state index contributed by atoms with van der Waals surface area (Å²) in [5.41, 5.74) is 0. The molecular weight excluding hydrogens is 1450 g/mol. The van der Waals surface area contributed by atoms with E-state index < -0.39 is 258 Å². The van der Waals surface area contributed by atoms with E-state index in [1.165, 1.54) is 0 Å². The molecule has 0 saturated carbocycles. The van der Waals surface area contributed by atoms with E-state index in [9.17, 15) is 116 Å². The van der Waals surface area contributed by atoms with Crippen molar-refractivity contribution in [3.8, 4) is 0 Å². The number of aliphatic carboxylic acids is 2. The average Bonchev–Trinajstić information content (AvgIpc) is 0.767. The van der Waals surface area contributed by atoms with Crippen molar-refractivity contribution >= 4 is 84.7 Å². The van der Waals surface area contributed by atoms with E-state index >= 15 is 0 Å². The number of carboxylic acids is 2. The van der Waals surface area contributed by atoms with Gasteiger partial charge in [-0.15, -0.1) is 0 Å². The largest absolute Gasteiger partial charge is 0.479 e. The smallest absolute Gasteiger partial charge is 0.397 e. The lowest BCUT2D eigenvalue weighted by Crippen LogP contribution is -2.70. The lowest BCUT2D eigenvalue weighted by Gasteiger charge is -2.51. The van der Waals surface area contributed by atoms with Crippen LogP contribution in [0.1, 0.15) is 0 Å². The third kappa shape index (κ3) is 22.7. The molecule has 546 valence electrons. The highest BCUT2D eigenvalue weighted by Gasteiger charge is 2.62. The van der Waals surface area contributed by atoms with Crippen molar-refractivity contribution < 1.29 is 221 Å². The molecule has 0 aromatic heterocycles. The quantitative estimate of drug-likeness (QED) is 0.0268. The van der Waals surface area contributed by atoms with E-state index in [1.807, 2.05) is 0 Å². The molecular formula is C37H62O49S7. The summed E-state index contributed by atoms with van der Waals surface area (Å²) in [5.74, 6) is -4.31. The van der Waals surface area contributed by atoms with Crippen molar-refractivity contribution in [3.63, 3.8) is 0 Å². The Hall–Kier alpha value is -2.65. The van der Waals surface area contributed by atoms with Crippen molar-refractivity contribution in [2.75, 3.05) is 69.6 Å². The van der Waals surface area contributed by atoms with Gasteiger partial charge in [-0.1, -0.05) is 0 Å². The second kappa shape index (κ2) is 32.6. The predicted octanol–water partition coefficient (Wildman–Crippen LogP) is -8.37. The lowest BCUT2D eigenvalue weighted by atomic mass is 9.94. The molecule has 10 N–H and O–H groups in total. The number of methoxy groups -OCH3 is 7. The van der Waals surface area contributed by atoms with Crippen LogP contribution in [0.4, 0.5) is 0 Å². The number of ether oxygens (including phenoxy) is 16. The number of hydrogen-bond acceptors (Lipinski definition) is 40. The minimum Gasteiger partial charge on any atom is -0.479 e. The Bertz CT molecular complexity index is 3320. The maximum Gasteiger partial charge on any atom is 0.397 e. The Morgan fingerprint density at radius 1 is 0.301 bits per heavy atom. The van der Waals surface area contributed by atoms with Gasteiger partial charge in [0.15, 0.2) is 55.9 Å². The van der Waals surface area contributed by atoms with Gasteiger partial charge in [-0.3, -0.25) is 31.9 Å². The molecule has 56 heteroatoms. The van der Waals surface area contributed by atoms with Crippen molar-refractivity contribution in [1.82, 2.24) is 0 Å². The van der Waals surface area contributed by atoms with Crippen LogP contribution in [0.5, 0.6) is 0 Å². The van der Waals surface area contributed by atoms with Crippen molar-refractivity contribution in [3.05, 3.63) is 0 Å². The fourth-order valence-corrected chi connectivity index (χ4v) is 12.9. The molecule has 5 fully saturated rings. The Kier molecular flexibility index (Phi) is 28.4. The number of aliphatic hydroxyl groups excluding tert-OH is 1. The highest BCUT2D eigenvalue weighted by molar-refractivity contribution is 7.82. The van der Waals surface area contributed by atoms with Gasteiger partial charge in [0.1, 0.15) is 97.7 Å². The maximum atomic E-state index is 13.3. The molecule has 0 aromatic carbocycles. The molecule has 0 aromatic rings. The molecule has 5 saturated heterocycles. The fourth-order valence-electron chi connectivity index (χ4n) is 10.0. The average molecular weight is 1520 g/mol. The molecule has 0 amide bonds. The maximum absolute atomic E-state index is 13.3. The Labute approximate surface area is 526 Å². The molecule has 0 radical (unpaired) electrons. The molecule has 5 heterocycles. The Morgan fingerprint density at radius 2 is 0.548 bits per heavy atom. The van der Waals surface area contributed by atoms with Gasteiger partial charge in [-0.05, 0) is 0 Å². The molecule has 0 aliphatic carbocycles. The van der Waals surface area contributed by atoms with Crippen LogP contribution in [0.2, 0.25) is 0 Å². The van der Waals surface area contributed by atoms with E-state index in [4.69, 9.17) is 84.2 Å². The summed E-state index contributed by atoms with van der Waals surface area (Å²) in [6.07, 6.45) is -60.2. The zero-order valence-electron chi connectivity index (χ0n) is 47.8. The summed E-state index contributed by atoms with van der Waals surface area (Å²) in [4.78, 5) is 26.5. The van der Waals surface area contributed by atoms with E-state index in [1.54, 1.807) is 0 Å². The van der Waals surface area contributed by atoms with E-state index in [-0.39, 0.29) is 0 Å². The second-order valence-electron chi connectivity index (χ2n) is 19.1. The van der Waals surface area contributed by atoms with Crippen LogP contribution in [-0.2, 0) is 187 Å². The molecule has 5 aliphatic heterocycles. The molecule has 5 rings (SSSR count). The predicted molar refractivity (Wildman–Crippen MR) is 274 cm³/mol. The van der Waals surface area contributed by atoms with Crippen LogP contribution >= 0.6 is 0 Å². The number of carboxylic acid groups (broad SMARTS) is 2. The van der Waals surface area contributed by atoms with Gasteiger partial charge in [-0.2, -0.15) is 58.9 Å². The van der Waals surface area contributed by atoms with Crippen LogP contribution in [-0.4, -0.2) is 341 Å². The standard InChI is InChI=1S/C37H62O49S7/c1-64-14-11(8-71-87(43,44)45)75-34(27(68-5)17(14)65-2)79-20-18(66-3)28(69-6)36(81-24(20)31(38)39)78-16-13(10-73-89(49,50)51)76-37(30(86-93(61,62)63)23(16)84-91(55,56)57)80-21-19(67-4)29(70-7)35(82-25(21)32(40)41)77-15-12(9-72-88(46,47)48)74-33(42)26(85-92(58,59)60)22(15)83-90(52,53)54/h11-30,33-37,42H,8-10H2,1-7H3,(H,38,39)(H,40,41)(H,43,44,45)(H,46,47,48)(H,49,50,51)(H,52,53,54)(H,55,56,57)(H,58,59,60)(H,61,62,63)/t11-,12-,13-,14-,15-,16-,17+,18+,19+,20+,21+,22+,23+,24+,25-,26-,27-,28-,29-,30-,33?,34-,35-,36-,37-/m1/s1. The Morgan fingerprint density at radius 3 is 0.849 bits per heavy atom. The van der Waals surface area contributed by atoms with Crippen molar-refractivity contribution in [2.45, 2.75) is 154 Å². The normalized spacial score (nSPS) is 37.9. The first-order chi connectivity index (χ1) is 42.7. The molecule has 0 bridgehead atoms. The molecule has 93 heavy (non-hydrogen) atoms. The summed E-state index contributed by atoms with van der Waals surface area (Å²) >= 11 is 0. The minimum atomic E-state index is -6.20.